The highest BCUT2D eigenvalue weighted by molar-refractivity contribution is 6.13. The molecule has 4 nitrogen and oxygen atoms in total. The van der Waals surface area contributed by atoms with Gasteiger partial charge in [-0.05, 0) is 32.0 Å². The number of ketones is 1. The molecule has 0 amide bonds. The van der Waals surface area contributed by atoms with Crippen molar-refractivity contribution < 1.29 is 14.3 Å². The predicted octanol–water partition coefficient (Wildman–Crippen LogP) is 3.37. The minimum absolute atomic E-state index is 0.0205. The van der Waals surface area contributed by atoms with Crippen molar-refractivity contribution in [3.05, 3.63) is 64.7 Å². The molecular weight excluding hydrogens is 290 g/mol. The van der Waals surface area contributed by atoms with Crippen LogP contribution in [-0.4, -0.2) is 23.8 Å². The molecular formula is C19H17NO3. The maximum atomic E-state index is 12.9. The van der Waals surface area contributed by atoms with Gasteiger partial charge in [-0.25, -0.2) is 4.99 Å². The van der Waals surface area contributed by atoms with Crippen molar-refractivity contribution in [2.45, 2.75) is 26.0 Å². The quantitative estimate of drug-likeness (QED) is 0.811. The predicted molar refractivity (Wildman–Crippen MR) is 87.2 cm³/mol. The number of benzene rings is 2. The summed E-state index contributed by atoms with van der Waals surface area (Å²) in [5, 5.41) is 0. The summed E-state index contributed by atoms with van der Waals surface area (Å²) in [5.74, 6) is 1.17. The number of carbonyl (C=O) groups is 1. The molecule has 2 aliphatic rings. The van der Waals surface area contributed by atoms with Gasteiger partial charge in [0.25, 0.3) is 0 Å². The van der Waals surface area contributed by atoms with Crippen LogP contribution in [0.3, 0.4) is 0 Å². The lowest BCUT2D eigenvalue weighted by atomic mass is 9.98. The number of hydrogen-bond donors (Lipinski definition) is 0. The van der Waals surface area contributed by atoms with Crippen LogP contribution in [0.4, 0.5) is 0 Å². The summed E-state index contributed by atoms with van der Waals surface area (Å²) in [6, 6.07) is 13.1. The standard InChI is InChI=1S/C19H17NO3/c1-19(2)11-23-18(20-19)12-7-8-16-15(9-12)17(21)14-6-4-3-5-13(14)10-22-16/h3-9H,10-11H2,1-2H3. The first-order chi connectivity index (χ1) is 11.0. The van der Waals surface area contributed by atoms with Crippen molar-refractivity contribution >= 4 is 11.7 Å². The second-order valence-electron chi connectivity index (χ2n) is 6.50. The Morgan fingerprint density at radius 1 is 1.04 bits per heavy atom. The summed E-state index contributed by atoms with van der Waals surface area (Å²) >= 11 is 0. The van der Waals surface area contributed by atoms with Gasteiger partial charge in [-0.2, -0.15) is 0 Å². The number of rotatable bonds is 1. The van der Waals surface area contributed by atoms with E-state index in [-0.39, 0.29) is 11.3 Å². The zero-order chi connectivity index (χ0) is 16.0. The lowest BCUT2D eigenvalue weighted by Crippen LogP contribution is -2.17. The van der Waals surface area contributed by atoms with Crippen molar-refractivity contribution in [3.8, 4) is 5.75 Å². The fraction of sp³-hybridized carbons (Fsp3) is 0.263. The van der Waals surface area contributed by atoms with Gasteiger partial charge >= 0.3 is 0 Å². The van der Waals surface area contributed by atoms with Crippen molar-refractivity contribution in [1.29, 1.82) is 0 Å². The maximum Gasteiger partial charge on any atom is 0.216 e. The Morgan fingerprint density at radius 2 is 1.87 bits per heavy atom. The Hall–Kier alpha value is -2.62. The van der Waals surface area contributed by atoms with E-state index in [0.717, 1.165) is 11.1 Å². The minimum atomic E-state index is -0.227. The summed E-state index contributed by atoms with van der Waals surface area (Å²) in [6.45, 7) is 4.99. The molecule has 0 fully saturated rings. The zero-order valence-electron chi connectivity index (χ0n) is 13.1. The Kier molecular flexibility index (Phi) is 3.01. The van der Waals surface area contributed by atoms with Gasteiger partial charge in [-0.1, -0.05) is 24.3 Å². The number of fused-ring (bicyclic) bond motifs is 2. The van der Waals surface area contributed by atoms with E-state index in [1.54, 1.807) is 0 Å². The SMILES string of the molecule is CC1(C)COC(c2ccc3c(c2)C(=O)c2ccccc2CO3)=N1. The Balaban J connectivity index is 1.80. The van der Waals surface area contributed by atoms with E-state index >= 15 is 0 Å². The molecule has 2 aliphatic heterocycles. The molecule has 0 saturated heterocycles. The first-order valence-corrected chi connectivity index (χ1v) is 7.66. The van der Waals surface area contributed by atoms with Gasteiger partial charge in [0.2, 0.25) is 5.90 Å². The van der Waals surface area contributed by atoms with E-state index < -0.39 is 0 Å². The molecule has 0 aliphatic carbocycles. The van der Waals surface area contributed by atoms with Gasteiger partial charge < -0.3 is 9.47 Å². The fourth-order valence-electron chi connectivity index (χ4n) is 2.87. The molecule has 2 aromatic rings. The van der Waals surface area contributed by atoms with Gasteiger partial charge in [0, 0.05) is 16.7 Å². The van der Waals surface area contributed by atoms with E-state index in [9.17, 15) is 4.79 Å². The third-order valence-corrected chi connectivity index (χ3v) is 4.08. The number of nitrogens with zero attached hydrogens (tertiary/aromatic N) is 1. The zero-order valence-corrected chi connectivity index (χ0v) is 13.1. The van der Waals surface area contributed by atoms with Crippen LogP contribution in [0.25, 0.3) is 0 Å². The minimum Gasteiger partial charge on any atom is -0.488 e. The summed E-state index contributed by atoms with van der Waals surface area (Å²) in [6.07, 6.45) is 0. The molecule has 0 bridgehead atoms. The second-order valence-corrected chi connectivity index (χ2v) is 6.50. The van der Waals surface area contributed by atoms with E-state index in [2.05, 4.69) is 4.99 Å². The van der Waals surface area contributed by atoms with E-state index in [4.69, 9.17) is 9.47 Å². The molecule has 2 heterocycles. The molecule has 0 aromatic heterocycles. The van der Waals surface area contributed by atoms with Crippen LogP contribution in [-0.2, 0) is 11.3 Å². The van der Waals surface area contributed by atoms with Crippen molar-refractivity contribution in [3.63, 3.8) is 0 Å². The van der Waals surface area contributed by atoms with Crippen LogP contribution in [0.1, 0.15) is 40.9 Å². The first-order valence-electron chi connectivity index (χ1n) is 7.66. The Morgan fingerprint density at radius 3 is 2.65 bits per heavy atom. The average molecular weight is 307 g/mol. The van der Waals surface area contributed by atoms with Crippen LogP contribution < -0.4 is 4.74 Å². The van der Waals surface area contributed by atoms with Gasteiger partial charge in [-0.15, -0.1) is 0 Å². The highest BCUT2D eigenvalue weighted by atomic mass is 16.5. The van der Waals surface area contributed by atoms with Gasteiger partial charge in [-0.3, -0.25) is 4.79 Å². The summed E-state index contributed by atoms with van der Waals surface area (Å²) < 4.78 is 11.5. The van der Waals surface area contributed by atoms with Crippen LogP contribution >= 0.6 is 0 Å². The fourth-order valence-corrected chi connectivity index (χ4v) is 2.87. The number of carbonyl (C=O) groups excluding carboxylic acids is 1. The lowest BCUT2D eigenvalue weighted by molar-refractivity contribution is 0.103. The Bertz CT molecular complexity index is 836. The van der Waals surface area contributed by atoms with Crippen molar-refractivity contribution in [1.82, 2.24) is 0 Å². The highest BCUT2D eigenvalue weighted by Crippen LogP contribution is 2.30. The Labute approximate surface area is 134 Å². The summed E-state index contributed by atoms with van der Waals surface area (Å²) in [4.78, 5) is 17.4. The van der Waals surface area contributed by atoms with Crippen LogP contribution in [0.15, 0.2) is 47.5 Å². The van der Waals surface area contributed by atoms with Crippen LogP contribution in [0, 0.1) is 0 Å². The highest BCUT2D eigenvalue weighted by Gasteiger charge is 2.29. The van der Waals surface area contributed by atoms with Gasteiger partial charge in [0.1, 0.15) is 19.0 Å². The molecule has 2 aromatic carbocycles. The third-order valence-electron chi connectivity index (χ3n) is 4.08. The molecule has 116 valence electrons. The monoisotopic (exact) mass is 307 g/mol. The molecule has 4 heteroatoms. The first kappa shape index (κ1) is 14.0. The molecule has 23 heavy (non-hydrogen) atoms. The smallest absolute Gasteiger partial charge is 0.216 e. The topological polar surface area (TPSA) is 47.9 Å². The maximum absolute atomic E-state index is 12.9. The van der Waals surface area contributed by atoms with Gasteiger partial charge in [0.05, 0.1) is 11.1 Å². The van der Waals surface area contributed by atoms with Crippen molar-refractivity contribution in [2.24, 2.45) is 4.99 Å². The summed E-state index contributed by atoms with van der Waals surface area (Å²) in [7, 11) is 0. The van der Waals surface area contributed by atoms with Crippen molar-refractivity contribution in [2.75, 3.05) is 6.61 Å². The van der Waals surface area contributed by atoms with E-state index in [1.165, 1.54) is 0 Å². The second kappa shape index (κ2) is 4.95. The normalized spacial score (nSPS) is 18.2. The molecule has 0 saturated carbocycles. The number of aliphatic imine (C=N–C) groups is 1. The van der Waals surface area contributed by atoms with Gasteiger partial charge in [0.15, 0.2) is 5.78 Å². The molecule has 0 unspecified atom stereocenters. The van der Waals surface area contributed by atoms with E-state index in [1.807, 2.05) is 56.3 Å². The molecule has 0 N–H and O–H groups in total. The lowest BCUT2D eigenvalue weighted by Gasteiger charge is -2.08. The largest absolute Gasteiger partial charge is 0.488 e. The third kappa shape index (κ3) is 2.40. The molecule has 0 radical (unpaired) electrons. The summed E-state index contributed by atoms with van der Waals surface area (Å²) in [5.41, 5.74) is 2.74. The molecule has 0 atom stereocenters. The van der Waals surface area contributed by atoms with Crippen LogP contribution in [0.2, 0.25) is 0 Å². The number of ether oxygens (including phenoxy) is 2. The molecule has 0 spiro atoms. The molecule has 4 rings (SSSR count). The van der Waals surface area contributed by atoms with Crippen LogP contribution in [0.5, 0.6) is 5.75 Å². The number of hydrogen-bond acceptors (Lipinski definition) is 4. The average Bonchev–Trinajstić information content (AvgIpc) is 2.85. The van der Waals surface area contributed by atoms with E-state index in [0.29, 0.717) is 36.0 Å².